The van der Waals surface area contributed by atoms with Crippen LogP contribution in [0.1, 0.15) is 18.2 Å². The molecule has 1 aliphatic rings. The highest BCUT2D eigenvalue weighted by Gasteiger charge is 2.24. The van der Waals surface area contributed by atoms with Gasteiger partial charge < -0.3 is 19.3 Å². The standard InChI is InChI=1S/C22H29N5O2/c1-6-25-9-11-26(12-10-25)22-15(2)16(3)23-21-14-18(24-27(21)22)17-7-8-19(28-4)20(13-17)29-5/h7-8,13-14H,6,9-12H2,1-5H3/p+1. The Morgan fingerprint density at radius 2 is 1.76 bits per heavy atom. The van der Waals surface area contributed by atoms with Gasteiger partial charge in [-0.2, -0.15) is 9.61 Å². The molecule has 154 valence electrons. The van der Waals surface area contributed by atoms with Crippen LogP contribution in [-0.4, -0.2) is 61.5 Å². The van der Waals surface area contributed by atoms with Crippen LogP contribution in [0.5, 0.6) is 11.5 Å². The lowest BCUT2D eigenvalue weighted by Crippen LogP contribution is -3.14. The molecule has 1 N–H and O–H groups in total. The van der Waals surface area contributed by atoms with E-state index in [4.69, 9.17) is 19.6 Å². The second kappa shape index (κ2) is 7.91. The number of nitrogens with zero attached hydrogens (tertiary/aromatic N) is 4. The highest BCUT2D eigenvalue weighted by molar-refractivity contribution is 5.69. The van der Waals surface area contributed by atoms with Crippen molar-refractivity contribution in [2.75, 3.05) is 51.8 Å². The summed E-state index contributed by atoms with van der Waals surface area (Å²) in [7, 11) is 3.29. The molecule has 7 heteroatoms. The van der Waals surface area contributed by atoms with Crippen LogP contribution in [0, 0.1) is 13.8 Å². The molecule has 0 aliphatic carbocycles. The van der Waals surface area contributed by atoms with Gasteiger partial charge in [0.15, 0.2) is 17.1 Å². The first kappa shape index (κ1) is 19.5. The smallest absolute Gasteiger partial charge is 0.161 e. The number of ether oxygens (including phenoxy) is 2. The van der Waals surface area contributed by atoms with Crippen molar-refractivity contribution in [3.05, 3.63) is 35.5 Å². The van der Waals surface area contributed by atoms with E-state index in [2.05, 4.69) is 25.7 Å². The summed E-state index contributed by atoms with van der Waals surface area (Å²) < 4.78 is 12.8. The van der Waals surface area contributed by atoms with Crippen LogP contribution in [0.3, 0.4) is 0 Å². The number of hydrogen-bond donors (Lipinski definition) is 1. The molecular weight excluding hydrogens is 366 g/mol. The maximum atomic E-state index is 5.46. The van der Waals surface area contributed by atoms with Gasteiger partial charge in [-0.15, -0.1) is 0 Å². The quantitative estimate of drug-likeness (QED) is 0.712. The molecule has 1 aromatic carbocycles. The zero-order valence-electron chi connectivity index (χ0n) is 18.0. The lowest BCUT2D eigenvalue weighted by atomic mass is 10.1. The van der Waals surface area contributed by atoms with Crippen LogP contribution in [-0.2, 0) is 0 Å². The zero-order chi connectivity index (χ0) is 20.5. The Morgan fingerprint density at radius 1 is 1.03 bits per heavy atom. The van der Waals surface area contributed by atoms with E-state index in [1.54, 1.807) is 19.1 Å². The Kier molecular flexibility index (Phi) is 5.32. The molecule has 0 bridgehead atoms. The minimum absolute atomic E-state index is 0.696. The summed E-state index contributed by atoms with van der Waals surface area (Å²) in [4.78, 5) is 8.92. The topological polar surface area (TPSA) is 56.3 Å². The summed E-state index contributed by atoms with van der Waals surface area (Å²) in [5.41, 5.74) is 4.98. The van der Waals surface area contributed by atoms with E-state index in [0.717, 1.165) is 54.6 Å². The van der Waals surface area contributed by atoms with E-state index >= 15 is 0 Å². The summed E-state index contributed by atoms with van der Waals surface area (Å²) in [6.07, 6.45) is 0. The molecule has 4 rings (SSSR count). The van der Waals surface area contributed by atoms with E-state index in [9.17, 15) is 0 Å². The number of rotatable bonds is 5. The fourth-order valence-corrected chi connectivity index (χ4v) is 4.08. The van der Waals surface area contributed by atoms with E-state index in [1.165, 1.54) is 12.1 Å². The van der Waals surface area contributed by atoms with E-state index in [-0.39, 0.29) is 0 Å². The number of piperazine rings is 1. The lowest BCUT2D eigenvalue weighted by molar-refractivity contribution is -0.898. The second-order valence-corrected chi connectivity index (χ2v) is 7.61. The Labute approximate surface area is 171 Å². The third-order valence-electron chi connectivity index (χ3n) is 6.00. The molecule has 29 heavy (non-hydrogen) atoms. The van der Waals surface area contributed by atoms with Gasteiger partial charge in [0.25, 0.3) is 0 Å². The van der Waals surface area contributed by atoms with Crippen molar-refractivity contribution in [1.82, 2.24) is 14.6 Å². The van der Waals surface area contributed by atoms with Crippen molar-refractivity contribution < 1.29 is 14.4 Å². The SMILES string of the molecule is CC[NH+]1CCN(c2c(C)c(C)nc3cc(-c4ccc(OC)c(OC)c4)nn23)CC1. The summed E-state index contributed by atoms with van der Waals surface area (Å²) in [6, 6.07) is 7.93. The molecule has 0 spiro atoms. The van der Waals surface area contributed by atoms with Gasteiger partial charge in [0.05, 0.1) is 52.6 Å². The summed E-state index contributed by atoms with van der Waals surface area (Å²) in [5.74, 6) is 2.57. The van der Waals surface area contributed by atoms with Crippen LogP contribution in [0.15, 0.2) is 24.3 Å². The number of methoxy groups -OCH3 is 2. The molecule has 0 radical (unpaired) electrons. The molecular formula is C22H30N5O2+. The molecule has 0 unspecified atom stereocenters. The van der Waals surface area contributed by atoms with Crippen molar-refractivity contribution in [1.29, 1.82) is 0 Å². The number of anilines is 1. The fourth-order valence-electron chi connectivity index (χ4n) is 4.08. The van der Waals surface area contributed by atoms with Crippen LogP contribution in [0.25, 0.3) is 16.9 Å². The number of nitrogens with one attached hydrogen (secondary N) is 1. The molecule has 3 aromatic rings. The summed E-state index contributed by atoms with van der Waals surface area (Å²) in [5, 5.41) is 4.94. The number of fused-ring (bicyclic) bond motifs is 1. The predicted octanol–water partition coefficient (Wildman–Crippen LogP) is 1.76. The van der Waals surface area contributed by atoms with Crippen LogP contribution >= 0.6 is 0 Å². The van der Waals surface area contributed by atoms with Gasteiger partial charge in [0.1, 0.15) is 5.82 Å². The fraction of sp³-hybridized carbons (Fsp3) is 0.455. The largest absolute Gasteiger partial charge is 0.493 e. The molecule has 2 aromatic heterocycles. The molecule has 1 saturated heterocycles. The van der Waals surface area contributed by atoms with Gasteiger partial charge >= 0.3 is 0 Å². The monoisotopic (exact) mass is 396 g/mol. The minimum atomic E-state index is 0.696. The predicted molar refractivity (Wildman–Crippen MR) is 114 cm³/mol. The van der Waals surface area contributed by atoms with Gasteiger partial charge in [-0.1, -0.05) is 0 Å². The van der Waals surface area contributed by atoms with Crippen molar-refractivity contribution in [2.24, 2.45) is 0 Å². The Bertz CT molecular complexity index is 1020. The number of aromatic nitrogens is 3. The lowest BCUT2D eigenvalue weighted by Gasteiger charge is -2.34. The van der Waals surface area contributed by atoms with Gasteiger partial charge in [0, 0.05) is 22.9 Å². The molecule has 1 fully saturated rings. The van der Waals surface area contributed by atoms with Crippen LogP contribution in [0.2, 0.25) is 0 Å². The molecule has 1 aliphatic heterocycles. The van der Waals surface area contributed by atoms with Crippen molar-refractivity contribution in [3.8, 4) is 22.8 Å². The van der Waals surface area contributed by atoms with E-state index < -0.39 is 0 Å². The van der Waals surface area contributed by atoms with Crippen molar-refractivity contribution in [3.63, 3.8) is 0 Å². The Hall–Kier alpha value is -2.80. The number of benzene rings is 1. The second-order valence-electron chi connectivity index (χ2n) is 7.61. The van der Waals surface area contributed by atoms with Crippen LogP contribution in [0.4, 0.5) is 5.82 Å². The first-order chi connectivity index (χ1) is 14.0. The Morgan fingerprint density at radius 3 is 2.41 bits per heavy atom. The summed E-state index contributed by atoms with van der Waals surface area (Å²) in [6.45, 7) is 12.0. The van der Waals surface area contributed by atoms with Gasteiger partial charge in [0.2, 0.25) is 0 Å². The maximum absolute atomic E-state index is 5.46. The normalized spacial score (nSPS) is 15.1. The average Bonchev–Trinajstić information content (AvgIpc) is 3.17. The highest BCUT2D eigenvalue weighted by Crippen LogP contribution is 2.33. The number of quaternary nitrogens is 1. The molecule has 0 amide bonds. The van der Waals surface area contributed by atoms with E-state index in [1.807, 2.05) is 28.8 Å². The molecule has 3 heterocycles. The van der Waals surface area contributed by atoms with Gasteiger partial charge in [-0.05, 0) is 39.0 Å². The first-order valence-corrected chi connectivity index (χ1v) is 10.2. The zero-order valence-corrected chi connectivity index (χ0v) is 18.0. The van der Waals surface area contributed by atoms with Crippen molar-refractivity contribution in [2.45, 2.75) is 20.8 Å². The molecule has 7 nitrogen and oxygen atoms in total. The maximum Gasteiger partial charge on any atom is 0.161 e. The Balaban J connectivity index is 1.78. The first-order valence-electron chi connectivity index (χ1n) is 10.2. The minimum Gasteiger partial charge on any atom is -0.493 e. The molecule has 0 atom stereocenters. The summed E-state index contributed by atoms with van der Waals surface area (Å²) >= 11 is 0. The average molecular weight is 397 g/mol. The van der Waals surface area contributed by atoms with E-state index in [0.29, 0.717) is 11.5 Å². The third-order valence-corrected chi connectivity index (χ3v) is 6.00. The highest BCUT2D eigenvalue weighted by atomic mass is 16.5. The van der Waals surface area contributed by atoms with Gasteiger partial charge in [-0.3, -0.25) is 0 Å². The van der Waals surface area contributed by atoms with Crippen LogP contribution < -0.4 is 19.3 Å². The number of hydrogen-bond acceptors (Lipinski definition) is 5. The number of aryl methyl sites for hydroxylation is 1. The number of likely N-dealkylation sites (N-methyl/N-ethyl adjacent to an activating group) is 1. The van der Waals surface area contributed by atoms with Gasteiger partial charge in [-0.25, -0.2) is 4.98 Å². The third kappa shape index (κ3) is 3.51. The molecule has 0 saturated carbocycles. The van der Waals surface area contributed by atoms with Crippen molar-refractivity contribution >= 4 is 11.5 Å².